The maximum absolute atomic E-state index is 12.0. The van der Waals surface area contributed by atoms with E-state index < -0.39 is 23.9 Å². The van der Waals surface area contributed by atoms with Crippen LogP contribution in [-0.2, 0) is 14.4 Å². The third-order valence-electron chi connectivity index (χ3n) is 4.24. The molecule has 0 fully saturated rings. The van der Waals surface area contributed by atoms with Crippen LogP contribution >= 0.6 is 0 Å². The molecule has 0 aliphatic rings. The number of nitrogens with one attached hydrogen (secondary N) is 1. The van der Waals surface area contributed by atoms with E-state index in [1.807, 2.05) is 39.0 Å². The first-order valence-electron chi connectivity index (χ1n) is 9.28. The average Bonchev–Trinajstić information content (AvgIpc) is 2.60. The Labute approximate surface area is 160 Å². The van der Waals surface area contributed by atoms with E-state index in [0.29, 0.717) is 37.5 Å². The molecule has 1 aromatic rings. The van der Waals surface area contributed by atoms with Gasteiger partial charge in [0.1, 0.15) is 11.8 Å². The highest BCUT2D eigenvalue weighted by atomic mass is 16.5. The first-order valence-corrected chi connectivity index (χ1v) is 9.28. The first-order chi connectivity index (χ1) is 12.7. The van der Waals surface area contributed by atoms with Gasteiger partial charge in [-0.05, 0) is 55.8 Å². The molecule has 1 aromatic carbocycles. The fourth-order valence-corrected chi connectivity index (χ4v) is 2.49. The van der Waals surface area contributed by atoms with Crippen molar-refractivity contribution in [3.63, 3.8) is 0 Å². The number of aryl methyl sites for hydroxylation is 1. The van der Waals surface area contributed by atoms with Crippen LogP contribution in [0.2, 0.25) is 0 Å². The fourth-order valence-electron chi connectivity index (χ4n) is 2.49. The number of amides is 1. The smallest absolute Gasteiger partial charge is 0.326 e. The van der Waals surface area contributed by atoms with Crippen molar-refractivity contribution in [2.75, 3.05) is 6.54 Å². The van der Waals surface area contributed by atoms with Gasteiger partial charge in [0.05, 0.1) is 6.42 Å². The summed E-state index contributed by atoms with van der Waals surface area (Å²) in [4.78, 5) is 35.2. The number of esters is 1. The molecule has 0 saturated carbocycles. The van der Waals surface area contributed by atoms with E-state index in [1.165, 1.54) is 0 Å². The van der Waals surface area contributed by atoms with Crippen molar-refractivity contribution in [2.45, 2.75) is 64.8 Å². The van der Waals surface area contributed by atoms with Gasteiger partial charge in [0.25, 0.3) is 0 Å². The van der Waals surface area contributed by atoms with Gasteiger partial charge in [0, 0.05) is 6.42 Å². The molecule has 27 heavy (non-hydrogen) atoms. The summed E-state index contributed by atoms with van der Waals surface area (Å²) in [6.45, 7) is 6.42. The van der Waals surface area contributed by atoms with Gasteiger partial charge in [-0.3, -0.25) is 9.59 Å². The van der Waals surface area contributed by atoms with E-state index in [0.717, 1.165) is 11.1 Å². The molecule has 0 aromatic heterocycles. The molecule has 7 nitrogen and oxygen atoms in total. The van der Waals surface area contributed by atoms with Crippen molar-refractivity contribution < 1.29 is 24.2 Å². The predicted octanol–water partition coefficient (Wildman–Crippen LogP) is 2.50. The normalized spacial score (nSPS) is 11.9. The number of carboxylic acids is 1. The number of aliphatic carboxylic acids is 1. The third kappa shape index (κ3) is 8.21. The lowest BCUT2D eigenvalue weighted by atomic mass is 10.0. The van der Waals surface area contributed by atoms with Gasteiger partial charge in [-0.25, -0.2) is 4.79 Å². The van der Waals surface area contributed by atoms with Crippen LogP contribution in [0.5, 0.6) is 5.75 Å². The highest BCUT2D eigenvalue weighted by Gasteiger charge is 2.20. The molecule has 7 heteroatoms. The van der Waals surface area contributed by atoms with Gasteiger partial charge in [0.2, 0.25) is 5.91 Å². The summed E-state index contributed by atoms with van der Waals surface area (Å²) in [6, 6.07) is 4.74. The van der Waals surface area contributed by atoms with E-state index in [9.17, 15) is 14.4 Å². The van der Waals surface area contributed by atoms with Crippen LogP contribution in [-0.4, -0.2) is 35.5 Å². The molecule has 0 spiro atoms. The zero-order valence-electron chi connectivity index (χ0n) is 16.3. The Kier molecular flexibility index (Phi) is 9.50. The minimum Gasteiger partial charge on any atom is -0.480 e. The molecule has 0 aliphatic carbocycles. The molecule has 1 amide bonds. The van der Waals surface area contributed by atoms with Gasteiger partial charge in [-0.2, -0.15) is 0 Å². The number of carbonyl (C=O) groups excluding carboxylic acids is 2. The molecule has 0 heterocycles. The summed E-state index contributed by atoms with van der Waals surface area (Å²) in [5, 5.41) is 11.6. The van der Waals surface area contributed by atoms with Crippen molar-refractivity contribution in [1.29, 1.82) is 0 Å². The number of unbranched alkanes of at least 4 members (excludes halogenated alkanes) is 1. The minimum absolute atomic E-state index is 0.119. The molecular formula is C20H30N2O5. The molecule has 0 saturated heterocycles. The molecule has 0 bridgehead atoms. The molecule has 1 atom stereocenters. The van der Waals surface area contributed by atoms with Crippen molar-refractivity contribution in [3.05, 3.63) is 29.3 Å². The monoisotopic (exact) mass is 378 g/mol. The number of ether oxygens (including phenoxy) is 1. The Hall–Kier alpha value is -2.41. The number of benzene rings is 1. The fraction of sp³-hybridized carbons (Fsp3) is 0.550. The Morgan fingerprint density at radius 2 is 1.89 bits per heavy atom. The summed E-state index contributed by atoms with van der Waals surface area (Å²) < 4.78 is 5.37. The number of carbonyl (C=O) groups is 3. The largest absolute Gasteiger partial charge is 0.480 e. The second-order valence-corrected chi connectivity index (χ2v) is 6.90. The number of nitrogens with two attached hydrogens (primary N) is 1. The first kappa shape index (κ1) is 22.6. The third-order valence-corrected chi connectivity index (χ3v) is 4.24. The number of rotatable bonds is 11. The van der Waals surface area contributed by atoms with Crippen LogP contribution in [0.1, 0.15) is 63.0 Å². The van der Waals surface area contributed by atoms with Crippen molar-refractivity contribution in [2.24, 2.45) is 5.73 Å². The predicted molar refractivity (Wildman–Crippen MR) is 103 cm³/mol. The zero-order chi connectivity index (χ0) is 20.4. The molecule has 150 valence electrons. The topological polar surface area (TPSA) is 119 Å². The summed E-state index contributed by atoms with van der Waals surface area (Å²) in [7, 11) is 0. The Balaban J connectivity index is 2.52. The number of carboxylic acid groups (broad SMARTS) is 1. The van der Waals surface area contributed by atoms with Crippen LogP contribution in [0.4, 0.5) is 0 Å². The summed E-state index contributed by atoms with van der Waals surface area (Å²) in [5.41, 5.74) is 7.28. The van der Waals surface area contributed by atoms with Crippen LogP contribution in [0.3, 0.4) is 0 Å². The van der Waals surface area contributed by atoms with Gasteiger partial charge in [-0.15, -0.1) is 0 Å². The Morgan fingerprint density at radius 1 is 1.19 bits per heavy atom. The van der Waals surface area contributed by atoms with Crippen LogP contribution < -0.4 is 15.8 Å². The lowest BCUT2D eigenvalue weighted by Crippen LogP contribution is -2.41. The zero-order valence-corrected chi connectivity index (χ0v) is 16.3. The average molecular weight is 378 g/mol. The van der Waals surface area contributed by atoms with E-state index in [2.05, 4.69) is 5.32 Å². The van der Waals surface area contributed by atoms with Crippen molar-refractivity contribution in [3.8, 4) is 5.75 Å². The highest BCUT2D eigenvalue weighted by Crippen LogP contribution is 2.24. The summed E-state index contributed by atoms with van der Waals surface area (Å²) in [6.07, 6.45) is 1.38. The van der Waals surface area contributed by atoms with Gasteiger partial charge in [-0.1, -0.05) is 26.0 Å². The molecule has 0 radical (unpaired) electrons. The van der Waals surface area contributed by atoms with Gasteiger partial charge in [0.15, 0.2) is 0 Å². The second-order valence-electron chi connectivity index (χ2n) is 6.90. The molecule has 4 N–H and O–H groups in total. The van der Waals surface area contributed by atoms with Crippen molar-refractivity contribution in [1.82, 2.24) is 5.32 Å². The standard InChI is InChI=1S/C20H30N2O5/c1-13(2)15-8-7-14(3)17(12-15)27-19(24)10-9-18(23)22-16(20(25)26)6-4-5-11-21/h7-8,12-13,16H,4-6,9-11,21H2,1-3H3,(H,22,23)(H,25,26)/t16-/m0/s1. The van der Waals surface area contributed by atoms with Crippen LogP contribution in [0.15, 0.2) is 18.2 Å². The lowest BCUT2D eigenvalue weighted by molar-refractivity contribution is -0.142. The highest BCUT2D eigenvalue weighted by molar-refractivity contribution is 5.86. The van der Waals surface area contributed by atoms with Crippen LogP contribution in [0.25, 0.3) is 0 Å². The minimum atomic E-state index is -1.09. The van der Waals surface area contributed by atoms with E-state index in [1.54, 1.807) is 0 Å². The molecule has 0 unspecified atom stereocenters. The second kappa shape index (κ2) is 11.3. The Morgan fingerprint density at radius 3 is 2.48 bits per heavy atom. The molecule has 0 aliphatic heterocycles. The number of hydrogen-bond acceptors (Lipinski definition) is 5. The van der Waals surface area contributed by atoms with Crippen LogP contribution in [0, 0.1) is 6.92 Å². The van der Waals surface area contributed by atoms with E-state index in [4.69, 9.17) is 15.6 Å². The molecular weight excluding hydrogens is 348 g/mol. The number of hydrogen-bond donors (Lipinski definition) is 3. The maximum atomic E-state index is 12.0. The lowest BCUT2D eigenvalue weighted by Gasteiger charge is -2.14. The summed E-state index contributed by atoms with van der Waals surface area (Å²) in [5.74, 6) is -1.31. The van der Waals surface area contributed by atoms with E-state index in [-0.39, 0.29) is 12.8 Å². The summed E-state index contributed by atoms with van der Waals surface area (Å²) >= 11 is 0. The molecule has 1 rings (SSSR count). The maximum Gasteiger partial charge on any atom is 0.326 e. The SMILES string of the molecule is Cc1ccc(C(C)C)cc1OC(=O)CCC(=O)N[C@@H](CCCCN)C(=O)O. The van der Waals surface area contributed by atoms with Crippen molar-refractivity contribution >= 4 is 17.8 Å². The quantitative estimate of drug-likeness (QED) is 0.309. The van der Waals surface area contributed by atoms with Gasteiger partial charge >= 0.3 is 11.9 Å². The van der Waals surface area contributed by atoms with Gasteiger partial charge < -0.3 is 20.9 Å². The Bertz CT molecular complexity index is 658. The van der Waals surface area contributed by atoms with E-state index >= 15 is 0 Å².